The van der Waals surface area contributed by atoms with Gasteiger partial charge < -0.3 is 15.2 Å². The number of rotatable bonds is 4. The van der Waals surface area contributed by atoms with Crippen LogP contribution in [-0.2, 0) is 11.3 Å². The monoisotopic (exact) mass is 293 g/mol. The van der Waals surface area contributed by atoms with E-state index in [2.05, 4.69) is 10.1 Å². The molecule has 0 atom stereocenters. The Balaban J connectivity index is 2.05. The fraction of sp³-hybridized carbons (Fsp3) is 0.133. The Bertz CT molecular complexity index is 633. The van der Waals surface area contributed by atoms with Gasteiger partial charge in [0.2, 0.25) is 0 Å². The molecule has 21 heavy (non-hydrogen) atoms. The van der Waals surface area contributed by atoms with Crippen molar-refractivity contribution >= 4 is 11.7 Å². The number of phenols is 1. The Hall–Kier alpha value is -2.63. The number of aromatic hydroxyl groups is 1. The van der Waals surface area contributed by atoms with Gasteiger partial charge in [0.25, 0.3) is 0 Å². The average Bonchev–Trinajstić information content (AvgIpc) is 2.50. The van der Waals surface area contributed by atoms with Crippen molar-refractivity contribution in [1.29, 1.82) is 0 Å². The first-order valence-electron chi connectivity index (χ1n) is 6.10. The molecule has 0 unspecified atom stereocenters. The first kappa shape index (κ1) is 14.8. The molecular formula is C15H13F2NO3. The molecule has 2 N–H and O–H groups in total. The lowest BCUT2D eigenvalue weighted by Crippen LogP contribution is -2.03. The van der Waals surface area contributed by atoms with Crippen LogP contribution in [0.2, 0.25) is 0 Å². The Morgan fingerprint density at radius 3 is 2.29 bits per heavy atom. The van der Waals surface area contributed by atoms with Crippen molar-refractivity contribution in [2.24, 2.45) is 0 Å². The molecular weight excluding hydrogens is 280 g/mol. The second kappa shape index (κ2) is 6.21. The number of methoxy groups -OCH3 is 1. The molecule has 6 heteroatoms. The number of nitrogens with one attached hydrogen (secondary N) is 1. The molecule has 0 bridgehead atoms. The maximum absolute atomic E-state index is 13.2. The van der Waals surface area contributed by atoms with Crippen LogP contribution in [0.25, 0.3) is 0 Å². The van der Waals surface area contributed by atoms with Crippen LogP contribution in [-0.4, -0.2) is 18.2 Å². The number of anilines is 1. The van der Waals surface area contributed by atoms with Crippen molar-refractivity contribution in [3.05, 3.63) is 59.2 Å². The summed E-state index contributed by atoms with van der Waals surface area (Å²) < 4.78 is 30.9. The first-order chi connectivity index (χ1) is 10.0. The number of carbonyl (C=O) groups is 1. The second-order valence-electron chi connectivity index (χ2n) is 4.33. The highest BCUT2D eigenvalue weighted by molar-refractivity contribution is 5.89. The van der Waals surface area contributed by atoms with E-state index in [4.69, 9.17) is 5.11 Å². The van der Waals surface area contributed by atoms with Gasteiger partial charge >= 0.3 is 5.97 Å². The van der Waals surface area contributed by atoms with Crippen molar-refractivity contribution in [2.45, 2.75) is 6.54 Å². The Kier molecular flexibility index (Phi) is 4.37. The SMILES string of the molecule is COC(=O)c1ccc(NCc2cc(F)c(O)c(F)c2)cc1. The fourth-order valence-corrected chi connectivity index (χ4v) is 1.77. The quantitative estimate of drug-likeness (QED) is 0.851. The van der Waals surface area contributed by atoms with Gasteiger partial charge in [-0.15, -0.1) is 0 Å². The molecule has 0 saturated carbocycles. The van der Waals surface area contributed by atoms with Gasteiger partial charge in [0.15, 0.2) is 17.4 Å². The summed E-state index contributed by atoms with van der Waals surface area (Å²) in [4.78, 5) is 11.3. The zero-order valence-electron chi connectivity index (χ0n) is 11.2. The summed E-state index contributed by atoms with van der Waals surface area (Å²) in [7, 11) is 1.29. The number of ether oxygens (including phenoxy) is 1. The van der Waals surface area contributed by atoms with Gasteiger partial charge in [0, 0.05) is 12.2 Å². The van der Waals surface area contributed by atoms with Gasteiger partial charge in [0.1, 0.15) is 0 Å². The maximum Gasteiger partial charge on any atom is 0.337 e. The van der Waals surface area contributed by atoms with Gasteiger partial charge in [-0.25, -0.2) is 13.6 Å². The third-order valence-corrected chi connectivity index (χ3v) is 2.88. The van der Waals surface area contributed by atoms with Gasteiger partial charge in [-0.05, 0) is 42.0 Å². The van der Waals surface area contributed by atoms with E-state index in [0.29, 0.717) is 16.8 Å². The molecule has 0 saturated heterocycles. The van der Waals surface area contributed by atoms with E-state index < -0.39 is 23.4 Å². The molecule has 0 fully saturated rings. The molecule has 0 radical (unpaired) electrons. The Morgan fingerprint density at radius 1 is 1.19 bits per heavy atom. The van der Waals surface area contributed by atoms with Crippen molar-refractivity contribution in [3.8, 4) is 5.75 Å². The van der Waals surface area contributed by atoms with E-state index in [9.17, 15) is 13.6 Å². The highest BCUT2D eigenvalue weighted by atomic mass is 19.1. The highest BCUT2D eigenvalue weighted by Crippen LogP contribution is 2.22. The van der Waals surface area contributed by atoms with E-state index in [0.717, 1.165) is 12.1 Å². The predicted molar refractivity (Wildman–Crippen MR) is 73.1 cm³/mol. The molecule has 0 heterocycles. The molecule has 0 spiro atoms. The molecule has 0 aliphatic heterocycles. The maximum atomic E-state index is 13.2. The highest BCUT2D eigenvalue weighted by Gasteiger charge is 2.09. The molecule has 0 aliphatic carbocycles. The number of phenolic OH excluding ortho intramolecular Hbond substituents is 1. The third-order valence-electron chi connectivity index (χ3n) is 2.88. The Labute approximate surface area is 120 Å². The fourth-order valence-electron chi connectivity index (χ4n) is 1.77. The summed E-state index contributed by atoms with van der Waals surface area (Å²) in [6, 6.07) is 8.56. The van der Waals surface area contributed by atoms with Crippen LogP contribution in [0.3, 0.4) is 0 Å². The standard InChI is InChI=1S/C15H13F2NO3/c1-21-15(20)10-2-4-11(5-3-10)18-8-9-6-12(16)14(19)13(17)7-9/h2-7,18-19H,8H2,1H3. The zero-order chi connectivity index (χ0) is 15.4. The van der Waals surface area contributed by atoms with Crippen molar-refractivity contribution in [2.75, 3.05) is 12.4 Å². The summed E-state index contributed by atoms with van der Waals surface area (Å²) in [6.45, 7) is 0.172. The smallest absolute Gasteiger partial charge is 0.337 e. The molecule has 0 aromatic heterocycles. The minimum absolute atomic E-state index is 0.172. The summed E-state index contributed by atoms with van der Waals surface area (Å²) in [6.07, 6.45) is 0. The molecule has 0 amide bonds. The van der Waals surface area contributed by atoms with Crippen LogP contribution in [0.1, 0.15) is 15.9 Å². The molecule has 2 rings (SSSR count). The summed E-state index contributed by atoms with van der Waals surface area (Å²) >= 11 is 0. The van der Waals surface area contributed by atoms with Crippen LogP contribution in [0.15, 0.2) is 36.4 Å². The summed E-state index contributed by atoms with van der Waals surface area (Å²) in [5.41, 5.74) is 1.43. The number of carbonyl (C=O) groups excluding carboxylic acids is 1. The van der Waals surface area contributed by atoms with Crippen molar-refractivity contribution in [1.82, 2.24) is 0 Å². The number of hydrogen-bond acceptors (Lipinski definition) is 4. The van der Waals surface area contributed by atoms with Crippen LogP contribution >= 0.6 is 0 Å². The van der Waals surface area contributed by atoms with Crippen LogP contribution in [0, 0.1) is 11.6 Å². The van der Waals surface area contributed by atoms with Gasteiger partial charge in [-0.3, -0.25) is 0 Å². The molecule has 0 aliphatic rings. The lowest BCUT2D eigenvalue weighted by atomic mass is 10.1. The Morgan fingerprint density at radius 2 is 1.76 bits per heavy atom. The van der Waals surface area contributed by atoms with Crippen LogP contribution in [0.4, 0.5) is 14.5 Å². The normalized spacial score (nSPS) is 10.2. The lowest BCUT2D eigenvalue weighted by Gasteiger charge is -2.08. The van der Waals surface area contributed by atoms with Crippen LogP contribution < -0.4 is 5.32 Å². The number of halogens is 2. The van der Waals surface area contributed by atoms with E-state index in [1.165, 1.54) is 7.11 Å². The minimum Gasteiger partial charge on any atom is -0.503 e. The lowest BCUT2D eigenvalue weighted by molar-refractivity contribution is 0.0601. The second-order valence-corrected chi connectivity index (χ2v) is 4.33. The van der Waals surface area contributed by atoms with Crippen LogP contribution in [0.5, 0.6) is 5.75 Å². The topological polar surface area (TPSA) is 58.6 Å². The number of esters is 1. The summed E-state index contributed by atoms with van der Waals surface area (Å²) in [5, 5.41) is 12.0. The van der Waals surface area contributed by atoms with E-state index in [1.54, 1.807) is 24.3 Å². The average molecular weight is 293 g/mol. The van der Waals surface area contributed by atoms with Gasteiger partial charge in [0.05, 0.1) is 12.7 Å². The van der Waals surface area contributed by atoms with E-state index in [1.807, 2.05) is 0 Å². The zero-order valence-corrected chi connectivity index (χ0v) is 11.2. The number of hydrogen-bond donors (Lipinski definition) is 2. The van der Waals surface area contributed by atoms with Crippen molar-refractivity contribution in [3.63, 3.8) is 0 Å². The molecule has 2 aromatic rings. The summed E-state index contributed by atoms with van der Waals surface area (Å²) in [5.74, 6) is -3.44. The number of benzene rings is 2. The van der Waals surface area contributed by atoms with E-state index >= 15 is 0 Å². The van der Waals surface area contributed by atoms with Crippen molar-refractivity contribution < 1.29 is 23.4 Å². The third kappa shape index (κ3) is 3.47. The molecule has 4 nitrogen and oxygen atoms in total. The molecule has 110 valence electrons. The van der Waals surface area contributed by atoms with Gasteiger partial charge in [-0.1, -0.05) is 0 Å². The van der Waals surface area contributed by atoms with Gasteiger partial charge in [-0.2, -0.15) is 0 Å². The predicted octanol–water partition coefficient (Wildman–Crippen LogP) is 3.07. The molecule has 2 aromatic carbocycles. The minimum atomic E-state index is -1.01. The van der Waals surface area contributed by atoms with E-state index in [-0.39, 0.29) is 6.54 Å². The first-order valence-corrected chi connectivity index (χ1v) is 6.10. The largest absolute Gasteiger partial charge is 0.503 e.